The molecular formula is C15H27N. The maximum absolute atomic E-state index is 6.53. The molecule has 2 rings (SSSR count). The number of hydrogen-bond acceptors (Lipinski definition) is 1. The van der Waals surface area contributed by atoms with Crippen molar-refractivity contribution in [2.75, 3.05) is 0 Å². The van der Waals surface area contributed by atoms with E-state index in [4.69, 9.17) is 5.73 Å². The van der Waals surface area contributed by atoms with Gasteiger partial charge in [-0.2, -0.15) is 0 Å². The van der Waals surface area contributed by atoms with E-state index >= 15 is 0 Å². The quantitative estimate of drug-likeness (QED) is 0.700. The molecule has 2 atom stereocenters. The van der Waals surface area contributed by atoms with Gasteiger partial charge in [-0.3, -0.25) is 0 Å². The molecule has 16 heavy (non-hydrogen) atoms. The van der Waals surface area contributed by atoms with Crippen LogP contribution in [0.5, 0.6) is 0 Å². The van der Waals surface area contributed by atoms with Gasteiger partial charge in [-0.1, -0.05) is 38.3 Å². The number of rotatable bonds is 2. The van der Waals surface area contributed by atoms with Crippen LogP contribution in [-0.4, -0.2) is 6.04 Å². The second-order valence-electron chi connectivity index (χ2n) is 6.39. The summed E-state index contributed by atoms with van der Waals surface area (Å²) in [5, 5.41) is 0. The zero-order chi connectivity index (χ0) is 11.6. The number of nitrogens with two attached hydrogens (primary N) is 1. The Morgan fingerprint density at radius 2 is 2.06 bits per heavy atom. The lowest BCUT2D eigenvalue weighted by atomic mass is 9.75. The van der Waals surface area contributed by atoms with Crippen LogP contribution in [0.15, 0.2) is 11.6 Å². The van der Waals surface area contributed by atoms with Gasteiger partial charge in [-0.15, -0.1) is 0 Å². The first-order valence-electron chi connectivity index (χ1n) is 7.06. The van der Waals surface area contributed by atoms with Gasteiger partial charge < -0.3 is 5.73 Å². The third-order valence-electron chi connectivity index (χ3n) is 4.78. The fourth-order valence-electron chi connectivity index (χ4n) is 3.62. The molecule has 2 aliphatic carbocycles. The van der Waals surface area contributed by atoms with Crippen molar-refractivity contribution in [3.05, 3.63) is 11.6 Å². The van der Waals surface area contributed by atoms with Crippen molar-refractivity contribution in [2.45, 2.75) is 71.3 Å². The number of hydrogen-bond donors (Lipinski definition) is 1. The summed E-state index contributed by atoms with van der Waals surface area (Å²) in [6.07, 6.45) is 13.1. The van der Waals surface area contributed by atoms with Crippen LogP contribution >= 0.6 is 0 Å². The third kappa shape index (κ3) is 2.51. The largest absolute Gasteiger partial charge is 0.324 e. The molecule has 0 spiro atoms. The van der Waals surface area contributed by atoms with Crippen molar-refractivity contribution in [2.24, 2.45) is 17.1 Å². The normalized spacial score (nSPS) is 31.9. The molecule has 1 saturated carbocycles. The van der Waals surface area contributed by atoms with Crippen LogP contribution in [-0.2, 0) is 0 Å². The van der Waals surface area contributed by atoms with Crippen molar-refractivity contribution >= 4 is 0 Å². The Morgan fingerprint density at radius 3 is 2.75 bits per heavy atom. The van der Waals surface area contributed by atoms with Crippen molar-refractivity contribution in [3.8, 4) is 0 Å². The molecule has 2 unspecified atom stereocenters. The van der Waals surface area contributed by atoms with E-state index in [0.717, 1.165) is 5.92 Å². The Bertz CT molecular complexity index is 265. The predicted molar refractivity (Wildman–Crippen MR) is 70.3 cm³/mol. The van der Waals surface area contributed by atoms with Crippen LogP contribution in [0.4, 0.5) is 0 Å². The van der Waals surface area contributed by atoms with E-state index in [0.29, 0.717) is 11.5 Å². The smallest absolute Gasteiger partial charge is 0.0287 e. The van der Waals surface area contributed by atoms with Crippen LogP contribution in [0, 0.1) is 11.3 Å². The zero-order valence-corrected chi connectivity index (χ0v) is 11.0. The van der Waals surface area contributed by atoms with Gasteiger partial charge in [0.2, 0.25) is 0 Å². The van der Waals surface area contributed by atoms with Gasteiger partial charge in [0.15, 0.2) is 0 Å². The Kier molecular flexibility index (Phi) is 3.73. The van der Waals surface area contributed by atoms with Gasteiger partial charge in [0, 0.05) is 6.04 Å². The minimum Gasteiger partial charge on any atom is -0.324 e. The van der Waals surface area contributed by atoms with Gasteiger partial charge in [-0.05, 0) is 49.9 Å². The summed E-state index contributed by atoms with van der Waals surface area (Å²) in [7, 11) is 0. The molecule has 1 heteroatoms. The first kappa shape index (κ1) is 12.2. The topological polar surface area (TPSA) is 26.0 Å². The highest BCUT2D eigenvalue weighted by Crippen LogP contribution is 2.45. The standard InChI is InChI=1S/C15H27N/c1-15(2)11-7-10-13(15)14(16)12-8-5-3-4-6-9-12/h8,13-14H,3-7,9-11,16H2,1-2H3. The predicted octanol–water partition coefficient (Wildman–Crippen LogP) is 4.03. The Morgan fingerprint density at radius 1 is 1.25 bits per heavy atom. The molecule has 0 amide bonds. The Hall–Kier alpha value is -0.300. The Labute approximate surface area is 100 Å². The van der Waals surface area contributed by atoms with E-state index in [1.807, 2.05) is 0 Å². The second-order valence-corrected chi connectivity index (χ2v) is 6.39. The summed E-state index contributed by atoms with van der Waals surface area (Å²) in [5.74, 6) is 0.719. The highest BCUT2D eigenvalue weighted by atomic mass is 14.7. The lowest BCUT2D eigenvalue weighted by Gasteiger charge is -2.33. The fraction of sp³-hybridized carbons (Fsp3) is 0.867. The summed E-state index contributed by atoms with van der Waals surface area (Å²) >= 11 is 0. The number of allylic oxidation sites excluding steroid dienone is 1. The molecule has 0 aliphatic heterocycles. The van der Waals surface area contributed by atoms with Crippen molar-refractivity contribution in [1.82, 2.24) is 0 Å². The van der Waals surface area contributed by atoms with Gasteiger partial charge in [0.1, 0.15) is 0 Å². The minimum absolute atomic E-state index is 0.343. The summed E-state index contributed by atoms with van der Waals surface area (Å²) in [6, 6.07) is 0.343. The SMILES string of the molecule is CC1(C)CCCC1C(N)C1=CCCCCC1. The van der Waals surface area contributed by atoms with E-state index < -0.39 is 0 Å². The highest BCUT2D eigenvalue weighted by molar-refractivity contribution is 5.15. The van der Waals surface area contributed by atoms with Crippen LogP contribution in [0.1, 0.15) is 65.2 Å². The molecule has 0 bridgehead atoms. The molecule has 0 aromatic rings. The molecule has 1 nitrogen and oxygen atoms in total. The monoisotopic (exact) mass is 221 g/mol. The molecule has 0 aromatic heterocycles. The van der Waals surface area contributed by atoms with Gasteiger partial charge in [0.05, 0.1) is 0 Å². The second kappa shape index (κ2) is 4.91. The molecule has 2 N–H and O–H groups in total. The molecule has 0 radical (unpaired) electrons. The lowest BCUT2D eigenvalue weighted by molar-refractivity contribution is 0.233. The molecule has 0 aromatic carbocycles. The van der Waals surface area contributed by atoms with E-state index in [1.165, 1.54) is 51.4 Å². The zero-order valence-electron chi connectivity index (χ0n) is 11.0. The van der Waals surface area contributed by atoms with Crippen molar-refractivity contribution in [3.63, 3.8) is 0 Å². The average molecular weight is 221 g/mol. The van der Waals surface area contributed by atoms with Crippen molar-refractivity contribution in [1.29, 1.82) is 0 Å². The molecule has 0 heterocycles. The third-order valence-corrected chi connectivity index (χ3v) is 4.78. The van der Waals surface area contributed by atoms with Gasteiger partial charge in [0.25, 0.3) is 0 Å². The van der Waals surface area contributed by atoms with E-state index in [-0.39, 0.29) is 0 Å². The van der Waals surface area contributed by atoms with Crippen LogP contribution in [0.2, 0.25) is 0 Å². The molecule has 1 fully saturated rings. The summed E-state index contributed by atoms with van der Waals surface area (Å²) in [5.41, 5.74) is 8.56. The van der Waals surface area contributed by atoms with Crippen LogP contribution < -0.4 is 5.73 Å². The van der Waals surface area contributed by atoms with Gasteiger partial charge >= 0.3 is 0 Å². The molecule has 92 valence electrons. The van der Waals surface area contributed by atoms with E-state index in [9.17, 15) is 0 Å². The maximum atomic E-state index is 6.53. The van der Waals surface area contributed by atoms with E-state index in [1.54, 1.807) is 5.57 Å². The summed E-state index contributed by atoms with van der Waals surface area (Å²) in [6.45, 7) is 4.81. The average Bonchev–Trinajstić information content (AvgIpc) is 2.48. The first-order chi connectivity index (χ1) is 7.61. The highest BCUT2D eigenvalue weighted by Gasteiger charge is 2.39. The Balaban J connectivity index is 2.05. The molecular weight excluding hydrogens is 194 g/mol. The summed E-state index contributed by atoms with van der Waals surface area (Å²) < 4.78 is 0. The van der Waals surface area contributed by atoms with E-state index in [2.05, 4.69) is 19.9 Å². The molecule has 0 saturated heterocycles. The maximum Gasteiger partial charge on any atom is 0.0287 e. The minimum atomic E-state index is 0.343. The van der Waals surface area contributed by atoms with Crippen LogP contribution in [0.3, 0.4) is 0 Å². The van der Waals surface area contributed by atoms with Crippen molar-refractivity contribution < 1.29 is 0 Å². The summed E-state index contributed by atoms with van der Waals surface area (Å²) in [4.78, 5) is 0. The van der Waals surface area contributed by atoms with Crippen LogP contribution in [0.25, 0.3) is 0 Å². The molecule has 2 aliphatic rings. The van der Waals surface area contributed by atoms with Gasteiger partial charge in [-0.25, -0.2) is 0 Å². The first-order valence-corrected chi connectivity index (χ1v) is 7.06. The fourth-order valence-corrected chi connectivity index (χ4v) is 3.62. The lowest BCUT2D eigenvalue weighted by Crippen LogP contribution is -2.38.